The van der Waals surface area contributed by atoms with E-state index in [0.29, 0.717) is 43.7 Å². The number of carboxylic acids is 1. The Labute approximate surface area is 159 Å². The first kappa shape index (κ1) is 20.7. The molecular weight excluding hydrogens is 348 g/mol. The van der Waals surface area contributed by atoms with E-state index in [-0.39, 0.29) is 30.4 Å². The third-order valence-electron chi connectivity index (χ3n) is 4.60. The largest absolute Gasteiger partial charge is 0.480 e. The smallest absolute Gasteiger partial charge is 0.323 e. The lowest BCUT2D eigenvalue weighted by Crippen LogP contribution is -2.43. The number of likely N-dealkylation sites (tertiary alicyclic amines) is 1. The van der Waals surface area contributed by atoms with Crippen molar-refractivity contribution < 1.29 is 19.5 Å². The second-order valence-electron chi connectivity index (χ2n) is 7.12. The van der Waals surface area contributed by atoms with Crippen LogP contribution in [0.2, 0.25) is 0 Å². The Kier molecular flexibility index (Phi) is 7.15. The van der Waals surface area contributed by atoms with Crippen LogP contribution in [0.1, 0.15) is 50.4 Å². The average molecular weight is 376 g/mol. The minimum atomic E-state index is -1.03. The van der Waals surface area contributed by atoms with Gasteiger partial charge in [-0.2, -0.15) is 0 Å². The fourth-order valence-electron chi connectivity index (χ4n) is 3.37. The molecule has 27 heavy (non-hydrogen) atoms. The highest BCUT2D eigenvalue weighted by Gasteiger charge is 2.28. The fraction of sp³-hybridized carbons (Fsp3) is 0.579. The minimum Gasteiger partial charge on any atom is -0.480 e. The van der Waals surface area contributed by atoms with Gasteiger partial charge in [-0.25, -0.2) is 4.98 Å². The van der Waals surface area contributed by atoms with Crippen LogP contribution in [0, 0.1) is 0 Å². The van der Waals surface area contributed by atoms with Gasteiger partial charge >= 0.3 is 5.97 Å². The first-order chi connectivity index (χ1) is 12.8. The van der Waals surface area contributed by atoms with E-state index in [0.717, 1.165) is 0 Å². The van der Waals surface area contributed by atoms with E-state index < -0.39 is 5.97 Å². The van der Waals surface area contributed by atoms with Crippen LogP contribution in [0.5, 0.6) is 0 Å². The van der Waals surface area contributed by atoms with Gasteiger partial charge in [0, 0.05) is 38.3 Å². The summed E-state index contributed by atoms with van der Waals surface area (Å²) in [7, 11) is 0. The second kappa shape index (κ2) is 9.34. The second-order valence-corrected chi connectivity index (χ2v) is 7.12. The number of carbonyl (C=O) groups is 3. The summed E-state index contributed by atoms with van der Waals surface area (Å²) in [5.74, 6) is -0.811. The van der Waals surface area contributed by atoms with Crippen molar-refractivity contribution in [3.05, 3.63) is 23.9 Å². The fourth-order valence-corrected chi connectivity index (χ4v) is 3.37. The minimum absolute atomic E-state index is 0.0977. The molecular formula is C19H28N4O4. The maximum absolute atomic E-state index is 13.0. The third kappa shape index (κ3) is 5.67. The highest BCUT2D eigenvalue weighted by Crippen LogP contribution is 2.21. The predicted octanol–water partition coefficient (Wildman–Crippen LogP) is 1.83. The number of pyridine rings is 1. The Morgan fingerprint density at radius 2 is 2.07 bits per heavy atom. The van der Waals surface area contributed by atoms with Gasteiger partial charge in [-0.15, -0.1) is 0 Å². The summed E-state index contributed by atoms with van der Waals surface area (Å²) in [4.78, 5) is 43.3. The summed E-state index contributed by atoms with van der Waals surface area (Å²) in [6.07, 6.45) is 3.61. The number of hydrogen-bond donors (Lipinski definition) is 2. The van der Waals surface area contributed by atoms with Crippen LogP contribution in [0.4, 0.5) is 5.82 Å². The van der Waals surface area contributed by atoms with Gasteiger partial charge in [0.05, 0.1) is 5.56 Å². The van der Waals surface area contributed by atoms with Crippen LogP contribution in [0.25, 0.3) is 0 Å². The molecule has 8 nitrogen and oxygen atoms in total. The molecule has 2 heterocycles. The number of amides is 2. The first-order valence-corrected chi connectivity index (χ1v) is 9.29. The first-order valence-electron chi connectivity index (χ1n) is 9.29. The maximum atomic E-state index is 13.0. The average Bonchev–Trinajstić information content (AvgIpc) is 2.84. The van der Waals surface area contributed by atoms with Gasteiger partial charge in [-0.3, -0.25) is 14.4 Å². The molecule has 8 heteroatoms. The number of carbonyl (C=O) groups excluding carboxylic acids is 2. The standard InChI is InChI=1S/C19H28N4O4/c1-13(2)21-18-16(7-4-9-20-18)19(27)22-10-5-6-15(8-11-22)23(14(3)24)12-17(25)26/h4,7,9,13,15H,5-6,8,10-12H2,1-3H3,(H,20,21)(H,25,26). The number of aromatic nitrogens is 1. The molecule has 1 unspecified atom stereocenters. The van der Waals surface area contributed by atoms with Gasteiger partial charge in [-0.1, -0.05) is 0 Å². The van der Waals surface area contributed by atoms with E-state index in [1.165, 1.54) is 11.8 Å². The molecule has 1 aromatic rings. The monoisotopic (exact) mass is 376 g/mol. The molecule has 0 aliphatic carbocycles. The quantitative estimate of drug-likeness (QED) is 0.785. The number of nitrogens with one attached hydrogen (secondary N) is 1. The zero-order valence-electron chi connectivity index (χ0n) is 16.1. The lowest BCUT2D eigenvalue weighted by atomic mass is 10.1. The Hall–Kier alpha value is -2.64. The highest BCUT2D eigenvalue weighted by atomic mass is 16.4. The molecule has 2 amide bonds. The van der Waals surface area contributed by atoms with Crippen molar-refractivity contribution >= 4 is 23.6 Å². The van der Waals surface area contributed by atoms with E-state index in [1.54, 1.807) is 23.2 Å². The van der Waals surface area contributed by atoms with Gasteiger partial charge in [0.1, 0.15) is 12.4 Å². The number of rotatable bonds is 6. The molecule has 1 aliphatic rings. The van der Waals surface area contributed by atoms with Crippen molar-refractivity contribution in [3.63, 3.8) is 0 Å². The van der Waals surface area contributed by atoms with Gasteiger partial charge in [0.2, 0.25) is 5.91 Å². The van der Waals surface area contributed by atoms with Crippen molar-refractivity contribution in [1.29, 1.82) is 0 Å². The molecule has 0 aromatic carbocycles. The molecule has 148 valence electrons. The third-order valence-corrected chi connectivity index (χ3v) is 4.60. The number of anilines is 1. The molecule has 0 radical (unpaired) electrons. The topological polar surface area (TPSA) is 103 Å². The lowest BCUT2D eigenvalue weighted by molar-refractivity contribution is -0.145. The van der Waals surface area contributed by atoms with Crippen LogP contribution >= 0.6 is 0 Å². The molecule has 1 atom stereocenters. The van der Waals surface area contributed by atoms with Crippen molar-refractivity contribution in [3.8, 4) is 0 Å². The van der Waals surface area contributed by atoms with Crippen molar-refractivity contribution in [2.45, 2.75) is 52.1 Å². The number of carboxylic acid groups (broad SMARTS) is 1. The summed E-state index contributed by atoms with van der Waals surface area (Å²) < 4.78 is 0. The van der Waals surface area contributed by atoms with Crippen LogP contribution < -0.4 is 5.32 Å². The van der Waals surface area contributed by atoms with E-state index >= 15 is 0 Å². The van der Waals surface area contributed by atoms with Gasteiger partial charge in [0.25, 0.3) is 5.91 Å². The SMILES string of the molecule is CC(=O)N(CC(=O)O)C1CCCN(C(=O)c2cccnc2NC(C)C)CC1. The number of hydrogen-bond acceptors (Lipinski definition) is 5. The highest BCUT2D eigenvalue weighted by molar-refractivity contribution is 5.98. The number of nitrogens with zero attached hydrogens (tertiary/aromatic N) is 3. The lowest BCUT2D eigenvalue weighted by Gasteiger charge is -2.29. The normalized spacial score (nSPS) is 17.3. The molecule has 2 rings (SSSR count). The van der Waals surface area contributed by atoms with Gasteiger partial charge in [-0.05, 0) is 45.2 Å². The molecule has 2 N–H and O–H groups in total. The molecule has 1 saturated heterocycles. The zero-order valence-corrected chi connectivity index (χ0v) is 16.1. The summed E-state index contributed by atoms with van der Waals surface area (Å²) in [5.41, 5.74) is 0.526. The summed E-state index contributed by atoms with van der Waals surface area (Å²) >= 11 is 0. The maximum Gasteiger partial charge on any atom is 0.323 e. The number of aliphatic carboxylic acids is 1. The van der Waals surface area contributed by atoms with Crippen LogP contribution in [0.15, 0.2) is 18.3 Å². The van der Waals surface area contributed by atoms with Crippen molar-refractivity contribution in [2.75, 3.05) is 25.0 Å². The Morgan fingerprint density at radius 3 is 2.70 bits per heavy atom. The Balaban J connectivity index is 2.11. The molecule has 0 saturated carbocycles. The van der Waals surface area contributed by atoms with E-state index in [1.807, 2.05) is 13.8 Å². The Bertz CT molecular complexity index is 692. The van der Waals surface area contributed by atoms with Crippen LogP contribution in [-0.2, 0) is 9.59 Å². The van der Waals surface area contributed by atoms with E-state index in [2.05, 4.69) is 10.3 Å². The molecule has 0 spiro atoms. The predicted molar refractivity (Wildman–Crippen MR) is 102 cm³/mol. The zero-order chi connectivity index (χ0) is 20.0. The Morgan fingerprint density at radius 1 is 1.33 bits per heavy atom. The summed E-state index contributed by atoms with van der Waals surface area (Å²) in [6, 6.07) is 3.48. The van der Waals surface area contributed by atoms with Gasteiger partial charge < -0.3 is 20.2 Å². The summed E-state index contributed by atoms with van der Waals surface area (Å²) in [6.45, 7) is 6.10. The van der Waals surface area contributed by atoms with E-state index in [4.69, 9.17) is 5.11 Å². The van der Waals surface area contributed by atoms with Crippen LogP contribution in [0.3, 0.4) is 0 Å². The van der Waals surface area contributed by atoms with Crippen LogP contribution in [-0.4, -0.2) is 69.4 Å². The molecule has 1 aliphatic heterocycles. The van der Waals surface area contributed by atoms with Crippen molar-refractivity contribution in [2.24, 2.45) is 0 Å². The molecule has 1 fully saturated rings. The van der Waals surface area contributed by atoms with Gasteiger partial charge in [0.15, 0.2) is 0 Å². The molecule has 0 bridgehead atoms. The molecule has 1 aromatic heterocycles. The van der Waals surface area contributed by atoms with Crippen molar-refractivity contribution in [1.82, 2.24) is 14.8 Å². The van der Waals surface area contributed by atoms with E-state index in [9.17, 15) is 14.4 Å². The summed E-state index contributed by atoms with van der Waals surface area (Å²) in [5, 5.41) is 12.2.